The maximum Gasteiger partial charge on any atom is 0.315 e. The van der Waals surface area contributed by atoms with Gasteiger partial charge in [-0.2, -0.15) is 0 Å². The highest BCUT2D eigenvalue weighted by molar-refractivity contribution is 5.74. The fraction of sp³-hybridized carbons (Fsp3) is 0.625. The molecule has 0 saturated carbocycles. The minimum atomic E-state index is -0.0770. The quantitative estimate of drug-likeness (QED) is 0.885. The number of rotatable bonds is 4. The van der Waals surface area contributed by atoms with Crippen LogP contribution in [0.15, 0.2) is 24.4 Å². The summed E-state index contributed by atoms with van der Waals surface area (Å²) in [4.78, 5) is 18.6. The van der Waals surface area contributed by atoms with E-state index >= 15 is 0 Å². The zero-order valence-corrected chi connectivity index (χ0v) is 12.8. The molecule has 2 amide bonds. The predicted molar refractivity (Wildman–Crippen MR) is 85.0 cm³/mol. The van der Waals surface area contributed by atoms with E-state index in [1.807, 2.05) is 24.4 Å². The lowest BCUT2D eigenvalue weighted by Crippen LogP contribution is -2.49. The molecule has 2 saturated heterocycles. The van der Waals surface area contributed by atoms with E-state index in [0.29, 0.717) is 6.54 Å². The molecule has 22 heavy (non-hydrogen) atoms. The molecule has 1 aromatic heterocycles. The molecule has 2 aliphatic rings. The van der Waals surface area contributed by atoms with Crippen molar-refractivity contribution in [2.45, 2.75) is 37.8 Å². The molecule has 3 rings (SSSR count). The van der Waals surface area contributed by atoms with Gasteiger partial charge >= 0.3 is 6.03 Å². The molecule has 0 aliphatic carbocycles. The molecule has 1 atom stereocenters. The van der Waals surface area contributed by atoms with Crippen LogP contribution < -0.4 is 15.5 Å². The zero-order chi connectivity index (χ0) is 15.2. The van der Waals surface area contributed by atoms with Gasteiger partial charge in [-0.15, -0.1) is 0 Å². The van der Waals surface area contributed by atoms with E-state index in [0.717, 1.165) is 51.2 Å². The largest absolute Gasteiger partial charge is 0.376 e. The van der Waals surface area contributed by atoms with Gasteiger partial charge in [-0.25, -0.2) is 9.78 Å². The second-order valence-corrected chi connectivity index (χ2v) is 5.94. The first-order valence-corrected chi connectivity index (χ1v) is 8.13. The Labute approximate surface area is 131 Å². The average Bonchev–Trinajstić information content (AvgIpc) is 3.08. The number of pyridine rings is 1. The van der Waals surface area contributed by atoms with Crippen molar-refractivity contribution >= 4 is 11.8 Å². The van der Waals surface area contributed by atoms with Gasteiger partial charge in [0.05, 0.1) is 6.10 Å². The molecule has 2 N–H and O–H groups in total. The third-order valence-electron chi connectivity index (χ3n) is 4.32. The minimum Gasteiger partial charge on any atom is -0.376 e. The predicted octanol–water partition coefficient (Wildman–Crippen LogP) is 1.53. The summed E-state index contributed by atoms with van der Waals surface area (Å²) in [6.07, 6.45) is 6.05. The summed E-state index contributed by atoms with van der Waals surface area (Å²) in [5, 5.41) is 5.98. The summed E-state index contributed by atoms with van der Waals surface area (Å²) >= 11 is 0. The standard InChI is InChI=1S/C16H24N4O2/c21-16(18-12-14-4-3-11-22-14)19-13-6-9-20(10-7-13)15-5-1-2-8-17-15/h1-2,5,8,13-14H,3-4,6-7,9-12H2,(H2,18,19,21). The van der Waals surface area contributed by atoms with Gasteiger partial charge in [0.25, 0.3) is 0 Å². The van der Waals surface area contributed by atoms with E-state index in [4.69, 9.17) is 4.74 Å². The summed E-state index contributed by atoms with van der Waals surface area (Å²) in [5.74, 6) is 1.02. The molecule has 2 aliphatic heterocycles. The van der Waals surface area contributed by atoms with Crippen LogP contribution in [-0.4, -0.2) is 49.4 Å². The van der Waals surface area contributed by atoms with Gasteiger partial charge in [0.1, 0.15) is 5.82 Å². The number of aromatic nitrogens is 1. The molecule has 6 nitrogen and oxygen atoms in total. The second-order valence-electron chi connectivity index (χ2n) is 5.94. The first-order valence-electron chi connectivity index (χ1n) is 8.13. The Kier molecular flexibility index (Phi) is 5.11. The van der Waals surface area contributed by atoms with Crippen molar-refractivity contribution in [2.24, 2.45) is 0 Å². The average molecular weight is 304 g/mol. The number of amides is 2. The zero-order valence-electron chi connectivity index (χ0n) is 12.8. The topological polar surface area (TPSA) is 66.5 Å². The van der Waals surface area contributed by atoms with Gasteiger partial charge in [-0.1, -0.05) is 6.07 Å². The second kappa shape index (κ2) is 7.45. The molecule has 0 aromatic carbocycles. The van der Waals surface area contributed by atoms with Crippen molar-refractivity contribution in [3.05, 3.63) is 24.4 Å². The molecule has 2 fully saturated rings. The van der Waals surface area contributed by atoms with Crippen molar-refractivity contribution in [1.82, 2.24) is 15.6 Å². The van der Waals surface area contributed by atoms with E-state index in [1.54, 1.807) is 0 Å². The minimum absolute atomic E-state index is 0.0770. The van der Waals surface area contributed by atoms with Crippen molar-refractivity contribution in [3.8, 4) is 0 Å². The van der Waals surface area contributed by atoms with Crippen LogP contribution in [0.4, 0.5) is 10.6 Å². The summed E-state index contributed by atoms with van der Waals surface area (Å²) in [5.41, 5.74) is 0. The van der Waals surface area contributed by atoms with Crippen LogP contribution in [0.2, 0.25) is 0 Å². The number of hydrogen-bond donors (Lipinski definition) is 2. The highest BCUT2D eigenvalue weighted by Crippen LogP contribution is 2.17. The molecule has 1 unspecified atom stereocenters. The number of piperidine rings is 1. The number of hydrogen-bond acceptors (Lipinski definition) is 4. The number of nitrogens with one attached hydrogen (secondary N) is 2. The molecule has 1 aromatic rings. The fourth-order valence-electron chi connectivity index (χ4n) is 3.04. The lowest BCUT2D eigenvalue weighted by atomic mass is 10.1. The van der Waals surface area contributed by atoms with Crippen LogP contribution in [0.5, 0.6) is 0 Å². The summed E-state index contributed by atoms with van der Waals surface area (Å²) in [6.45, 7) is 3.28. The third-order valence-corrected chi connectivity index (χ3v) is 4.32. The molecule has 120 valence electrons. The number of anilines is 1. The van der Waals surface area contributed by atoms with Gasteiger partial charge in [0, 0.05) is 38.5 Å². The molecule has 6 heteroatoms. The molecule has 0 spiro atoms. The maximum absolute atomic E-state index is 11.9. The number of carbonyl (C=O) groups excluding carboxylic acids is 1. The van der Waals surface area contributed by atoms with Gasteiger partial charge in [0.15, 0.2) is 0 Å². The lowest BCUT2D eigenvalue weighted by Gasteiger charge is -2.33. The lowest BCUT2D eigenvalue weighted by molar-refractivity contribution is 0.111. The van der Waals surface area contributed by atoms with Crippen LogP contribution in [0, 0.1) is 0 Å². The number of urea groups is 1. The first kappa shape index (κ1) is 15.1. The Morgan fingerprint density at radius 3 is 2.86 bits per heavy atom. The van der Waals surface area contributed by atoms with Crippen LogP contribution in [0.1, 0.15) is 25.7 Å². The van der Waals surface area contributed by atoms with Gasteiger partial charge in [-0.3, -0.25) is 0 Å². The van der Waals surface area contributed by atoms with Gasteiger partial charge in [-0.05, 0) is 37.8 Å². The normalized spacial score (nSPS) is 22.5. The fourth-order valence-corrected chi connectivity index (χ4v) is 3.04. The van der Waals surface area contributed by atoms with Gasteiger partial charge in [0.2, 0.25) is 0 Å². The van der Waals surface area contributed by atoms with E-state index in [1.165, 1.54) is 0 Å². The smallest absolute Gasteiger partial charge is 0.315 e. The van der Waals surface area contributed by atoms with Crippen molar-refractivity contribution in [2.75, 3.05) is 31.1 Å². The molecular formula is C16H24N4O2. The molecule has 0 radical (unpaired) electrons. The highest BCUT2D eigenvalue weighted by atomic mass is 16.5. The first-order chi connectivity index (χ1) is 10.8. The Balaban J connectivity index is 1.37. The Hall–Kier alpha value is -1.82. The maximum atomic E-state index is 11.9. The van der Waals surface area contributed by atoms with E-state index in [2.05, 4.69) is 20.5 Å². The SMILES string of the molecule is O=C(NCC1CCCO1)NC1CCN(c2ccccn2)CC1. The number of carbonyl (C=O) groups is 1. The van der Waals surface area contributed by atoms with Gasteiger partial charge < -0.3 is 20.3 Å². The van der Waals surface area contributed by atoms with Crippen molar-refractivity contribution in [1.29, 1.82) is 0 Å². The summed E-state index contributed by atoms with van der Waals surface area (Å²) in [7, 11) is 0. The number of nitrogens with zero attached hydrogens (tertiary/aromatic N) is 2. The number of ether oxygens (including phenoxy) is 1. The Morgan fingerprint density at radius 2 is 2.18 bits per heavy atom. The van der Waals surface area contributed by atoms with E-state index in [9.17, 15) is 4.79 Å². The van der Waals surface area contributed by atoms with E-state index in [-0.39, 0.29) is 18.2 Å². The molecule has 0 bridgehead atoms. The monoisotopic (exact) mass is 304 g/mol. The Morgan fingerprint density at radius 1 is 1.32 bits per heavy atom. The van der Waals surface area contributed by atoms with Crippen molar-refractivity contribution in [3.63, 3.8) is 0 Å². The van der Waals surface area contributed by atoms with Crippen LogP contribution in [-0.2, 0) is 4.74 Å². The summed E-state index contributed by atoms with van der Waals surface area (Å²) in [6, 6.07) is 6.12. The van der Waals surface area contributed by atoms with E-state index < -0.39 is 0 Å². The molecule has 3 heterocycles. The van der Waals surface area contributed by atoms with Crippen molar-refractivity contribution < 1.29 is 9.53 Å². The third kappa shape index (κ3) is 4.10. The van der Waals surface area contributed by atoms with Crippen LogP contribution >= 0.6 is 0 Å². The molecular weight excluding hydrogens is 280 g/mol. The summed E-state index contributed by atoms with van der Waals surface area (Å²) < 4.78 is 5.50. The highest BCUT2D eigenvalue weighted by Gasteiger charge is 2.22. The van der Waals surface area contributed by atoms with Crippen LogP contribution in [0.25, 0.3) is 0 Å². The van der Waals surface area contributed by atoms with Crippen LogP contribution in [0.3, 0.4) is 0 Å². The Bertz CT molecular complexity index is 468.